The van der Waals surface area contributed by atoms with E-state index in [4.69, 9.17) is 4.42 Å². The molecule has 0 bridgehead atoms. The molecule has 0 fully saturated rings. The average molecular weight is 279 g/mol. The Morgan fingerprint density at radius 1 is 1.32 bits per heavy atom. The van der Waals surface area contributed by atoms with Gasteiger partial charge in [-0.2, -0.15) is 0 Å². The molecule has 0 aliphatic carbocycles. The number of fused-ring (bicyclic) bond motifs is 1. The summed E-state index contributed by atoms with van der Waals surface area (Å²) in [6.45, 7) is 9.88. The minimum absolute atomic E-state index is 0.0770. The summed E-state index contributed by atoms with van der Waals surface area (Å²) in [5, 5.41) is 1.12. The summed E-state index contributed by atoms with van der Waals surface area (Å²) in [7, 11) is 0. The fourth-order valence-electron chi connectivity index (χ4n) is 1.84. The highest BCUT2D eigenvalue weighted by atomic mass is 32.2. The van der Waals surface area contributed by atoms with Crippen molar-refractivity contribution in [3.05, 3.63) is 35.6 Å². The van der Waals surface area contributed by atoms with Crippen LogP contribution in [0.2, 0.25) is 0 Å². The van der Waals surface area contributed by atoms with Crippen LogP contribution in [0.1, 0.15) is 45.1 Å². The van der Waals surface area contributed by atoms with Crippen molar-refractivity contribution >= 4 is 22.3 Å². The van der Waals surface area contributed by atoms with E-state index >= 15 is 0 Å². The summed E-state index contributed by atoms with van der Waals surface area (Å²) >= 11 is -1.10. The van der Waals surface area contributed by atoms with Gasteiger partial charge in [0.15, 0.2) is 0 Å². The number of furan rings is 1. The van der Waals surface area contributed by atoms with Crippen molar-refractivity contribution in [3.63, 3.8) is 0 Å². The SMILES string of the molecule is Cc1cccc2oc([C@@H](C)N[S+]([O-])C(C)(C)C)cc12. The molecule has 0 amide bonds. The quantitative estimate of drug-likeness (QED) is 0.868. The van der Waals surface area contributed by atoms with Gasteiger partial charge in [0.05, 0.1) is 0 Å². The molecule has 1 aromatic carbocycles. The number of benzene rings is 1. The number of hydrogen-bond donors (Lipinski definition) is 1. The first kappa shape index (κ1) is 14.4. The Kier molecular flexibility index (Phi) is 3.95. The summed E-state index contributed by atoms with van der Waals surface area (Å²) < 4.78 is 20.7. The van der Waals surface area contributed by atoms with Gasteiger partial charge < -0.3 is 8.97 Å². The lowest BCUT2D eigenvalue weighted by molar-refractivity contribution is 0.475. The van der Waals surface area contributed by atoms with Gasteiger partial charge in [-0.1, -0.05) is 12.1 Å². The second-order valence-corrected chi connectivity index (χ2v) is 7.85. The number of rotatable bonds is 3. The highest BCUT2D eigenvalue weighted by Crippen LogP contribution is 2.27. The third-order valence-electron chi connectivity index (χ3n) is 3.07. The van der Waals surface area contributed by atoms with Gasteiger partial charge in [0.25, 0.3) is 0 Å². The molecule has 0 aliphatic rings. The van der Waals surface area contributed by atoms with Crippen LogP contribution in [0.4, 0.5) is 0 Å². The number of aryl methyl sites for hydroxylation is 1. The molecule has 0 saturated carbocycles. The predicted molar refractivity (Wildman–Crippen MR) is 80.4 cm³/mol. The van der Waals surface area contributed by atoms with Crippen molar-refractivity contribution in [2.24, 2.45) is 0 Å². The van der Waals surface area contributed by atoms with Crippen LogP contribution in [-0.4, -0.2) is 9.30 Å². The second kappa shape index (κ2) is 5.19. The molecule has 2 rings (SSSR count). The lowest BCUT2D eigenvalue weighted by Gasteiger charge is -2.25. The van der Waals surface area contributed by atoms with E-state index in [1.54, 1.807) is 0 Å². The molecule has 2 atom stereocenters. The Bertz CT molecular complexity index is 571. The predicted octanol–water partition coefficient (Wildman–Crippen LogP) is 3.85. The minimum atomic E-state index is -1.10. The lowest BCUT2D eigenvalue weighted by Crippen LogP contribution is -2.40. The molecule has 4 heteroatoms. The fourth-order valence-corrected chi connectivity index (χ4v) is 2.63. The molecular formula is C15H21NO2S. The van der Waals surface area contributed by atoms with Crippen molar-refractivity contribution in [1.82, 2.24) is 4.72 Å². The standard InChI is InChI=1S/C15H21NO2S/c1-10-7-6-8-13-12(10)9-14(18-13)11(2)16-19(17)15(3,4)5/h6-9,11,16H,1-5H3/t11-,19?/m1/s1. The van der Waals surface area contributed by atoms with Gasteiger partial charge >= 0.3 is 0 Å². The first-order valence-electron chi connectivity index (χ1n) is 6.46. The van der Waals surface area contributed by atoms with Gasteiger partial charge in [0.1, 0.15) is 22.1 Å². The Morgan fingerprint density at radius 2 is 2.00 bits per heavy atom. The van der Waals surface area contributed by atoms with Gasteiger partial charge in [-0.3, -0.25) is 0 Å². The van der Waals surface area contributed by atoms with E-state index in [9.17, 15) is 4.55 Å². The number of nitrogens with one attached hydrogen (secondary N) is 1. The van der Waals surface area contributed by atoms with Crippen molar-refractivity contribution in [2.75, 3.05) is 0 Å². The van der Waals surface area contributed by atoms with Crippen LogP contribution in [0.3, 0.4) is 0 Å². The third-order valence-corrected chi connectivity index (χ3v) is 4.75. The van der Waals surface area contributed by atoms with E-state index in [0.717, 1.165) is 16.7 Å². The normalized spacial score (nSPS) is 15.7. The van der Waals surface area contributed by atoms with Crippen LogP contribution < -0.4 is 4.72 Å². The Balaban J connectivity index is 2.22. The van der Waals surface area contributed by atoms with E-state index < -0.39 is 11.4 Å². The summed E-state index contributed by atoms with van der Waals surface area (Å²) in [4.78, 5) is 0. The molecule has 0 saturated heterocycles. The third kappa shape index (κ3) is 3.14. The largest absolute Gasteiger partial charge is 0.598 e. The average Bonchev–Trinajstić information content (AvgIpc) is 2.73. The van der Waals surface area contributed by atoms with E-state index in [0.29, 0.717) is 0 Å². The zero-order chi connectivity index (χ0) is 14.2. The maximum absolute atomic E-state index is 12.1. The zero-order valence-corrected chi connectivity index (χ0v) is 12.9. The van der Waals surface area contributed by atoms with Gasteiger partial charge in [0, 0.05) is 16.7 Å². The van der Waals surface area contributed by atoms with Gasteiger partial charge in [-0.15, -0.1) is 4.72 Å². The van der Waals surface area contributed by atoms with E-state index in [1.165, 1.54) is 5.56 Å². The summed E-state index contributed by atoms with van der Waals surface area (Å²) in [5.74, 6) is 0.821. The fraction of sp³-hybridized carbons (Fsp3) is 0.467. The highest BCUT2D eigenvalue weighted by molar-refractivity contribution is 7.90. The molecule has 1 heterocycles. The van der Waals surface area contributed by atoms with Crippen LogP contribution in [0, 0.1) is 6.92 Å². The smallest absolute Gasteiger partial charge is 0.136 e. The van der Waals surface area contributed by atoms with Crippen molar-refractivity contribution in [3.8, 4) is 0 Å². The van der Waals surface area contributed by atoms with E-state index in [2.05, 4.69) is 17.7 Å². The highest BCUT2D eigenvalue weighted by Gasteiger charge is 2.29. The van der Waals surface area contributed by atoms with Gasteiger partial charge in [-0.25, -0.2) is 0 Å². The molecule has 1 unspecified atom stereocenters. The van der Waals surface area contributed by atoms with Crippen molar-refractivity contribution in [2.45, 2.75) is 45.4 Å². The molecule has 3 nitrogen and oxygen atoms in total. The summed E-state index contributed by atoms with van der Waals surface area (Å²) in [6, 6.07) is 7.96. The Labute approximate surface area is 117 Å². The van der Waals surface area contributed by atoms with Gasteiger partial charge in [-0.05, 0) is 52.3 Å². The van der Waals surface area contributed by atoms with Crippen LogP contribution in [0.25, 0.3) is 11.0 Å². The molecule has 0 aliphatic heterocycles. The van der Waals surface area contributed by atoms with Crippen molar-refractivity contribution < 1.29 is 8.97 Å². The summed E-state index contributed by atoms with van der Waals surface area (Å²) in [6.07, 6.45) is 0. The maximum atomic E-state index is 12.1. The van der Waals surface area contributed by atoms with Crippen LogP contribution >= 0.6 is 0 Å². The van der Waals surface area contributed by atoms with Gasteiger partial charge in [0.2, 0.25) is 0 Å². The zero-order valence-electron chi connectivity index (χ0n) is 12.1. The molecule has 104 valence electrons. The molecule has 2 aromatic rings. The molecule has 0 radical (unpaired) electrons. The Hall–Kier alpha value is -0.970. The minimum Gasteiger partial charge on any atom is -0.598 e. The Morgan fingerprint density at radius 3 is 2.58 bits per heavy atom. The lowest BCUT2D eigenvalue weighted by atomic mass is 10.1. The van der Waals surface area contributed by atoms with Crippen molar-refractivity contribution in [1.29, 1.82) is 0 Å². The first-order valence-corrected chi connectivity index (χ1v) is 7.61. The van der Waals surface area contributed by atoms with Crippen LogP contribution in [-0.2, 0) is 11.4 Å². The first-order chi connectivity index (χ1) is 8.79. The van der Waals surface area contributed by atoms with E-state index in [-0.39, 0.29) is 10.8 Å². The molecule has 1 N–H and O–H groups in total. The van der Waals surface area contributed by atoms with Crippen LogP contribution in [0.5, 0.6) is 0 Å². The van der Waals surface area contributed by atoms with Crippen LogP contribution in [0.15, 0.2) is 28.7 Å². The topological polar surface area (TPSA) is 48.2 Å². The number of hydrogen-bond acceptors (Lipinski definition) is 3. The van der Waals surface area contributed by atoms with E-state index in [1.807, 2.05) is 45.9 Å². The monoisotopic (exact) mass is 279 g/mol. The second-order valence-electron chi connectivity index (χ2n) is 5.86. The molecule has 19 heavy (non-hydrogen) atoms. The maximum Gasteiger partial charge on any atom is 0.136 e. The molecule has 1 aromatic heterocycles. The molecule has 0 spiro atoms. The summed E-state index contributed by atoms with van der Waals surface area (Å²) in [5.41, 5.74) is 2.07. The molecular weight excluding hydrogens is 258 g/mol.